The Balaban J connectivity index is 2.32. The summed E-state index contributed by atoms with van der Waals surface area (Å²) in [5, 5.41) is 0. The van der Waals surface area contributed by atoms with Crippen molar-refractivity contribution in [1.82, 2.24) is 0 Å². The number of hydrogen-bond acceptors (Lipinski definition) is 2. The van der Waals surface area contributed by atoms with Crippen LogP contribution in [0.5, 0.6) is 0 Å². The van der Waals surface area contributed by atoms with Gasteiger partial charge in [0.2, 0.25) is 0 Å². The van der Waals surface area contributed by atoms with E-state index in [1.807, 2.05) is 6.07 Å². The molecule has 0 aliphatic carbocycles. The van der Waals surface area contributed by atoms with Crippen LogP contribution in [0.3, 0.4) is 0 Å². The van der Waals surface area contributed by atoms with Gasteiger partial charge < -0.3 is 10.5 Å². The highest BCUT2D eigenvalue weighted by atomic mass is 127. The first-order valence-electron chi connectivity index (χ1n) is 5.03. The molecule has 0 saturated carbocycles. The summed E-state index contributed by atoms with van der Waals surface area (Å²) in [4.78, 5) is 0. The van der Waals surface area contributed by atoms with Crippen molar-refractivity contribution in [2.24, 2.45) is 5.73 Å². The molecule has 0 aromatic heterocycles. The molecule has 1 aliphatic heterocycles. The van der Waals surface area contributed by atoms with Crippen LogP contribution in [0.2, 0.25) is 0 Å². The maximum Gasteiger partial charge on any atom is 0.113 e. The van der Waals surface area contributed by atoms with Crippen molar-refractivity contribution in [3.8, 4) is 0 Å². The number of hydrogen-bond donors (Lipinski definition) is 1. The van der Waals surface area contributed by atoms with Gasteiger partial charge in [-0.2, -0.15) is 0 Å². The minimum atomic E-state index is -0.112. The van der Waals surface area contributed by atoms with E-state index in [0.717, 1.165) is 24.4 Å². The van der Waals surface area contributed by atoms with Crippen LogP contribution in [-0.4, -0.2) is 6.61 Å². The molecule has 2 rings (SSSR count). The van der Waals surface area contributed by atoms with Crippen molar-refractivity contribution >= 4 is 22.6 Å². The second kappa shape index (κ2) is 4.53. The third kappa shape index (κ3) is 2.18. The second-order valence-corrected chi connectivity index (χ2v) is 4.78. The molecule has 1 aliphatic rings. The Morgan fingerprint density at radius 3 is 2.93 bits per heavy atom. The summed E-state index contributed by atoms with van der Waals surface area (Å²) in [6.45, 7) is 2.87. The van der Waals surface area contributed by atoms with Gasteiger partial charge in [-0.15, -0.1) is 0 Å². The van der Waals surface area contributed by atoms with Gasteiger partial charge in [0.15, 0.2) is 0 Å². The number of nitrogens with two attached hydrogens (primary N) is 1. The van der Waals surface area contributed by atoms with E-state index in [0.29, 0.717) is 0 Å². The highest BCUT2D eigenvalue weighted by Gasteiger charge is 2.19. The van der Waals surface area contributed by atoms with E-state index in [2.05, 4.69) is 47.7 Å². The summed E-state index contributed by atoms with van der Waals surface area (Å²) in [5.41, 5.74) is 8.59. The zero-order valence-electron chi connectivity index (χ0n) is 8.66. The molecule has 80 valence electrons. The Morgan fingerprint density at radius 1 is 1.47 bits per heavy atom. The molecule has 1 heterocycles. The second-order valence-electron chi connectivity index (χ2n) is 3.70. The summed E-state index contributed by atoms with van der Waals surface area (Å²) in [5.74, 6) is 0.915. The largest absolute Gasteiger partial charge is 0.496 e. The lowest BCUT2D eigenvalue weighted by molar-refractivity contribution is 0.225. The topological polar surface area (TPSA) is 35.2 Å². The van der Waals surface area contributed by atoms with Gasteiger partial charge in [0.1, 0.15) is 5.76 Å². The van der Waals surface area contributed by atoms with Crippen LogP contribution in [0.25, 0.3) is 0 Å². The fraction of sp³-hybridized carbons (Fsp3) is 0.333. The van der Waals surface area contributed by atoms with Crippen LogP contribution >= 0.6 is 22.6 Å². The quantitative estimate of drug-likeness (QED) is 0.852. The van der Waals surface area contributed by atoms with Crippen molar-refractivity contribution in [2.75, 3.05) is 6.61 Å². The normalized spacial score (nSPS) is 17.1. The summed E-state index contributed by atoms with van der Waals surface area (Å²) in [7, 11) is 0. The predicted octanol–water partition coefficient (Wildman–Crippen LogP) is 2.90. The molecule has 1 unspecified atom stereocenters. The SMILES string of the molecule is Cc1cccc(C(N)C2=CCCO2)c1I. The summed E-state index contributed by atoms with van der Waals surface area (Å²) >= 11 is 2.34. The van der Waals surface area contributed by atoms with Crippen molar-refractivity contribution in [3.63, 3.8) is 0 Å². The molecule has 2 nitrogen and oxygen atoms in total. The fourth-order valence-electron chi connectivity index (χ4n) is 1.72. The number of rotatable bonds is 2. The van der Waals surface area contributed by atoms with Gasteiger partial charge in [0.25, 0.3) is 0 Å². The molecule has 0 fully saturated rings. The Labute approximate surface area is 104 Å². The van der Waals surface area contributed by atoms with E-state index in [1.165, 1.54) is 9.13 Å². The maximum atomic E-state index is 6.17. The molecule has 2 N–H and O–H groups in total. The lowest BCUT2D eigenvalue weighted by Crippen LogP contribution is -2.15. The molecule has 3 heteroatoms. The van der Waals surface area contributed by atoms with Crippen molar-refractivity contribution in [3.05, 3.63) is 44.7 Å². The van der Waals surface area contributed by atoms with Crippen molar-refractivity contribution in [2.45, 2.75) is 19.4 Å². The number of halogens is 1. The van der Waals surface area contributed by atoms with Gasteiger partial charge in [0, 0.05) is 9.99 Å². The zero-order chi connectivity index (χ0) is 10.8. The Kier molecular flexibility index (Phi) is 3.31. The average Bonchev–Trinajstić information content (AvgIpc) is 2.74. The summed E-state index contributed by atoms with van der Waals surface area (Å²) in [6, 6.07) is 6.10. The molecule has 0 radical (unpaired) electrons. The smallest absolute Gasteiger partial charge is 0.113 e. The van der Waals surface area contributed by atoms with Crippen LogP contribution in [0, 0.1) is 10.5 Å². The molecule has 0 saturated heterocycles. The zero-order valence-corrected chi connectivity index (χ0v) is 10.8. The van der Waals surface area contributed by atoms with E-state index in [1.54, 1.807) is 0 Å². The van der Waals surface area contributed by atoms with Crippen LogP contribution in [0.15, 0.2) is 30.0 Å². The Hall–Kier alpha value is -0.550. The lowest BCUT2D eigenvalue weighted by Gasteiger charge is -2.16. The highest BCUT2D eigenvalue weighted by Crippen LogP contribution is 2.28. The van der Waals surface area contributed by atoms with Crippen LogP contribution < -0.4 is 5.73 Å². The lowest BCUT2D eigenvalue weighted by atomic mass is 10.0. The summed E-state index contributed by atoms with van der Waals surface area (Å²) < 4.78 is 6.73. The van der Waals surface area contributed by atoms with Gasteiger partial charge in [-0.1, -0.05) is 18.2 Å². The minimum absolute atomic E-state index is 0.112. The molecule has 15 heavy (non-hydrogen) atoms. The monoisotopic (exact) mass is 315 g/mol. The standard InChI is InChI=1S/C12H14INO/c1-8-4-2-5-9(11(8)13)12(14)10-6-3-7-15-10/h2,4-6,12H,3,7,14H2,1H3. The van der Waals surface area contributed by atoms with Crippen molar-refractivity contribution < 1.29 is 4.74 Å². The maximum absolute atomic E-state index is 6.17. The van der Waals surface area contributed by atoms with Gasteiger partial charge in [-0.05, 0) is 46.7 Å². The van der Waals surface area contributed by atoms with Gasteiger partial charge in [0.05, 0.1) is 12.6 Å². The molecular weight excluding hydrogens is 301 g/mol. The van der Waals surface area contributed by atoms with Gasteiger partial charge >= 0.3 is 0 Å². The number of aryl methyl sites for hydroxylation is 1. The number of ether oxygens (including phenoxy) is 1. The van der Waals surface area contributed by atoms with E-state index in [4.69, 9.17) is 10.5 Å². The molecule has 1 aromatic rings. The highest BCUT2D eigenvalue weighted by molar-refractivity contribution is 14.1. The molecule has 0 amide bonds. The van der Waals surface area contributed by atoms with Crippen LogP contribution in [0.1, 0.15) is 23.6 Å². The first-order valence-corrected chi connectivity index (χ1v) is 6.11. The molecule has 0 spiro atoms. The molecule has 1 aromatic carbocycles. The minimum Gasteiger partial charge on any atom is -0.496 e. The Bertz CT molecular complexity index is 401. The van der Waals surface area contributed by atoms with Gasteiger partial charge in [-0.25, -0.2) is 0 Å². The average molecular weight is 315 g/mol. The fourth-order valence-corrected chi connectivity index (χ4v) is 2.41. The van der Waals surface area contributed by atoms with Crippen LogP contribution in [-0.2, 0) is 4.74 Å². The molecule has 0 bridgehead atoms. The van der Waals surface area contributed by atoms with E-state index < -0.39 is 0 Å². The van der Waals surface area contributed by atoms with Gasteiger partial charge in [-0.3, -0.25) is 0 Å². The van der Waals surface area contributed by atoms with E-state index in [-0.39, 0.29) is 6.04 Å². The summed E-state index contributed by atoms with van der Waals surface area (Å²) in [6.07, 6.45) is 3.06. The van der Waals surface area contributed by atoms with Crippen LogP contribution in [0.4, 0.5) is 0 Å². The molecule has 1 atom stereocenters. The predicted molar refractivity (Wildman–Crippen MR) is 69.5 cm³/mol. The third-order valence-electron chi connectivity index (χ3n) is 2.60. The Morgan fingerprint density at radius 2 is 2.27 bits per heavy atom. The molecular formula is C12H14INO. The first-order chi connectivity index (χ1) is 7.20. The number of benzene rings is 1. The first kappa shape index (κ1) is 11.0. The van der Waals surface area contributed by atoms with Crippen molar-refractivity contribution in [1.29, 1.82) is 0 Å². The van der Waals surface area contributed by atoms with E-state index >= 15 is 0 Å². The van der Waals surface area contributed by atoms with E-state index in [9.17, 15) is 0 Å². The third-order valence-corrected chi connectivity index (χ3v) is 4.07.